The quantitative estimate of drug-likeness (QED) is 0.811. The van der Waals surface area contributed by atoms with E-state index in [9.17, 15) is 17.6 Å². The van der Waals surface area contributed by atoms with Gasteiger partial charge in [-0.25, -0.2) is 12.8 Å². The van der Waals surface area contributed by atoms with E-state index < -0.39 is 26.6 Å². The Morgan fingerprint density at radius 3 is 2.32 bits per heavy atom. The molecule has 0 spiro atoms. The number of para-hydroxylation sites is 1. The van der Waals surface area contributed by atoms with Crippen LogP contribution in [0, 0.1) is 12.7 Å². The molecule has 0 aliphatic carbocycles. The summed E-state index contributed by atoms with van der Waals surface area (Å²) < 4.78 is 51.7. The zero-order chi connectivity index (χ0) is 18.8. The van der Waals surface area contributed by atoms with Gasteiger partial charge in [0.05, 0.1) is 25.5 Å². The van der Waals surface area contributed by atoms with Crippen LogP contribution in [0.3, 0.4) is 0 Å². The third kappa shape index (κ3) is 3.66. The number of rotatable bonds is 6. The smallest absolute Gasteiger partial charge is 0.264 e. The van der Waals surface area contributed by atoms with Crippen LogP contribution in [0.15, 0.2) is 35.2 Å². The fourth-order valence-corrected chi connectivity index (χ4v) is 3.47. The number of nitrogens with one attached hydrogen (secondary N) is 1. The van der Waals surface area contributed by atoms with E-state index in [2.05, 4.69) is 4.72 Å². The van der Waals surface area contributed by atoms with Crippen LogP contribution in [-0.2, 0) is 10.0 Å². The van der Waals surface area contributed by atoms with Crippen LogP contribution < -0.4 is 19.9 Å². The van der Waals surface area contributed by atoms with E-state index in [-0.39, 0.29) is 22.7 Å². The Labute approximate surface area is 144 Å². The van der Waals surface area contributed by atoms with Crippen LogP contribution in [-0.4, -0.2) is 28.5 Å². The van der Waals surface area contributed by atoms with Gasteiger partial charge in [0.2, 0.25) is 0 Å². The van der Waals surface area contributed by atoms with E-state index in [0.29, 0.717) is 5.56 Å². The Morgan fingerprint density at radius 1 is 1.16 bits per heavy atom. The number of halogens is 1. The third-order valence-electron chi connectivity index (χ3n) is 3.50. The van der Waals surface area contributed by atoms with Gasteiger partial charge < -0.3 is 15.2 Å². The minimum absolute atomic E-state index is 0.0100. The van der Waals surface area contributed by atoms with Crippen molar-refractivity contribution in [2.45, 2.75) is 11.8 Å². The van der Waals surface area contributed by atoms with Crippen LogP contribution in [0.1, 0.15) is 15.9 Å². The highest BCUT2D eigenvalue weighted by Crippen LogP contribution is 2.33. The number of carbonyl (C=O) groups is 1. The van der Waals surface area contributed by atoms with E-state index in [1.165, 1.54) is 20.3 Å². The van der Waals surface area contributed by atoms with Crippen molar-refractivity contribution in [3.63, 3.8) is 0 Å². The predicted molar refractivity (Wildman–Crippen MR) is 90.0 cm³/mol. The first-order valence-electron chi connectivity index (χ1n) is 7.05. The molecule has 0 aliphatic heterocycles. The van der Waals surface area contributed by atoms with Crippen molar-refractivity contribution in [2.75, 3.05) is 18.9 Å². The molecular weight excluding hydrogens is 351 g/mol. The number of benzene rings is 2. The summed E-state index contributed by atoms with van der Waals surface area (Å²) in [7, 11) is -1.75. The van der Waals surface area contributed by atoms with Crippen molar-refractivity contribution >= 4 is 21.6 Å². The molecule has 2 aromatic rings. The lowest BCUT2D eigenvalue weighted by Crippen LogP contribution is -2.20. The average Bonchev–Trinajstić information content (AvgIpc) is 2.55. The lowest BCUT2D eigenvalue weighted by Gasteiger charge is -2.15. The molecule has 134 valence electrons. The maximum atomic E-state index is 14.3. The van der Waals surface area contributed by atoms with Gasteiger partial charge in [0.15, 0.2) is 11.5 Å². The summed E-state index contributed by atoms with van der Waals surface area (Å²) in [5.41, 5.74) is 5.70. The molecule has 7 nitrogen and oxygen atoms in total. The first-order chi connectivity index (χ1) is 11.7. The molecule has 0 bridgehead atoms. The first-order valence-corrected chi connectivity index (χ1v) is 8.53. The van der Waals surface area contributed by atoms with E-state index in [1.807, 2.05) is 0 Å². The zero-order valence-electron chi connectivity index (χ0n) is 13.8. The molecular formula is C16H17FN2O5S. The number of ether oxygens (including phenoxy) is 2. The number of sulfonamides is 1. The second kappa shape index (κ2) is 6.98. The maximum Gasteiger partial charge on any atom is 0.264 e. The Balaban J connectivity index is 2.57. The number of carbonyl (C=O) groups excluding carboxylic acids is 1. The topological polar surface area (TPSA) is 108 Å². The molecule has 25 heavy (non-hydrogen) atoms. The van der Waals surface area contributed by atoms with Gasteiger partial charge in [-0.2, -0.15) is 0 Å². The second-order valence-corrected chi connectivity index (χ2v) is 6.76. The van der Waals surface area contributed by atoms with E-state index in [4.69, 9.17) is 15.2 Å². The number of hydrogen-bond donors (Lipinski definition) is 2. The molecule has 0 heterocycles. The van der Waals surface area contributed by atoms with Crippen molar-refractivity contribution in [2.24, 2.45) is 5.73 Å². The van der Waals surface area contributed by atoms with Gasteiger partial charge in [0, 0.05) is 12.1 Å². The largest absolute Gasteiger partial charge is 0.493 e. The number of amides is 1. The Bertz CT molecular complexity index is 928. The minimum atomic E-state index is -4.35. The molecule has 2 aromatic carbocycles. The summed E-state index contributed by atoms with van der Waals surface area (Å²) in [6.45, 7) is 1.59. The van der Waals surface area contributed by atoms with E-state index in [0.717, 1.165) is 12.1 Å². The Morgan fingerprint density at radius 2 is 1.76 bits per heavy atom. The van der Waals surface area contributed by atoms with Crippen LogP contribution in [0.2, 0.25) is 0 Å². The molecule has 0 radical (unpaired) electrons. The fraction of sp³-hybridized carbons (Fsp3) is 0.188. The summed E-state index contributed by atoms with van der Waals surface area (Å²) in [6, 6.07) is 6.43. The molecule has 0 unspecified atom stereocenters. The number of anilines is 1. The SMILES string of the molecule is COc1cc(F)c(S(=O)(=O)Nc2c(C)cccc2C(N)=O)cc1OC. The van der Waals surface area contributed by atoms with Crippen molar-refractivity contribution < 1.29 is 27.1 Å². The minimum Gasteiger partial charge on any atom is -0.493 e. The van der Waals surface area contributed by atoms with Crippen LogP contribution >= 0.6 is 0 Å². The molecule has 0 aromatic heterocycles. The van der Waals surface area contributed by atoms with Crippen molar-refractivity contribution in [3.8, 4) is 11.5 Å². The van der Waals surface area contributed by atoms with E-state index in [1.54, 1.807) is 19.1 Å². The van der Waals surface area contributed by atoms with Gasteiger partial charge in [0.25, 0.3) is 15.9 Å². The summed E-state index contributed by atoms with van der Waals surface area (Å²) in [6.07, 6.45) is 0. The average molecular weight is 368 g/mol. The Hall–Kier alpha value is -2.81. The fourth-order valence-electron chi connectivity index (χ4n) is 2.24. The molecule has 0 atom stereocenters. The molecule has 2 rings (SSSR count). The Kier molecular flexibility index (Phi) is 5.17. The lowest BCUT2D eigenvalue weighted by molar-refractivity contribution is 0.100. The molecule has 0 fully saturated rings. The summed E-state index contributed by atoms with van der Waals surface area (Å²) in [5, 5.41) is 0. The van der Waals surface area contributed by atoms with Gasteiger partial charge in [-0.05, 0) is 18.6 Å². The highest BCUT2D eigenvalue weighted by molar-refractivity contribution is 7.92. The van der Waals surface area contributed by atoms with Crippen molar-refractivity contribution in [1.82, 2.24) is 0 Å². The highest BCUT2D eigenvalue weighted by atomic mass is 32.2. The molecule has 0 aliphatic rings. The molecule has 3 N–H and O–H groups in total. The van der Waals surface area contributed by atoms with Crippen LogP contribution in [0.4, 0.5) is 10.1 Å². The third-order valence-corrected chi connectivity index (χ3v) is 4.87. The van der Waals surface area contributed by atoms with Gasteiger partial charge in [-0.3, -0.25) is 9.52 Å². The number of hydrogen-bond acceptors (Lipinski definition) is 5. The summed E-state index contributed by atoms with van der Waals surface area (Å²) in [4.78, 5) is 10.9. The second-order valence-electron chi connectivity index (χ2n) is 5.10. The van der Waals surface area contributed by atoms with Crippen molar-refractivity contribution in [3.05, 3.63) is 47.3 Å². The zero-order valence-corrected chi connectivity index (χ0v) is 14.6. The molecule has 9 heteroatoms. The molecule has 0 saturated carbocycles. The maximum absolute atomic E-state index is 14.3. The number of primary amides is 1. The molecule has 1 amide bonds. The lowest BCUT2D eigenvalue weighted by atomic mass is 10.1. The summed E-state index contributed by atoms with van der Waals surface area (Å²) >= 11 is 0. The first kappa shape index (κ1) is 18.5. The van der Waals surface area contributed by atoms with Crippen LogP contribution in [0.5, 0.6) is 11.5 Å². The monoisotopic (exact) mass is 368 g/mol. The normalized spacial score (nSPS) is 11.0. The van der Waals surface area contributed by atoms with E-state index >= 15 is 0 Å². The highest BCUT2D eigenvalue weighted by Gasteiger charge is 2.25. The van der Waals surface area contributed by atoms with Crippen molar-refractivity contribution in [1.29, 1.82) is 0 Å². The van der Waals surface area contributed by atoms with Gasteiger partial charge >= 0.3 is 0 Å². The number of aryl methyl sites for hydroxylation is 1. The van der Waals surface area contributed by atoms with Gasteiger partial charge in [-0.1, -0.05) is 12.1 Å². The standard InChI is InChI=1S/C16H17FN2O5S/c1-9-5-4-6-10(16(18)20)15(9)19-25(21,22)14-8-13(24-3)12(23-2)7-11(14)17/h4-8,19H,1-3H3,(H2,18,20). The van der Waals surface area contributed by atoms with Gasteiger partial charge in [0.1, 0.15) is 10.7 Å². The summed E-state index contributed by atoms with van der Waals surface area (Å²) in [5.74, 6) is -1.75. The predicted octanol–water partition coefficient (Wildman–Crippen LogP) is 2.05. The number of methoxy groups -OCH3 is 2. The van der Waals surface area contributed by atoms with Crippen LogP contribution in [0.25, 0.3) is 0 Å². The van der Waals surface area contributed by atoms with Gasteiger partial charge in [-0.15, -0.1) is 0 Å². The number of nitrogens with two attached hydrogens (primary N) is 1. The molecule has 0 saturated heterocycles.